The van der Waals surface area contributed by atoms with Crippen LogP contribution in [0, 0.1) is 11.3 Å². The molecular weight excluding hydrogens is 227 g/mol. The molecule has 1 rings (SSSR count). The Bertz CT molecular complexity index is 228. The molecule has 0 aromatic rings. The van der Waals surface area contributed by atoms with Crippen molar-refractivity contribution in [2.75, 3.05) is 6.54 Å². The molecule has 1 atom stereocenters. The minimum absolute atomic E-state index is 0.0775. The average Bonchev–Trinajstić information content (AvgIpc) is 2.15. The molecule has 3 nitrogen and oxygen atoms in total. The molecule has 0 radical (unpaired) electrons. The van der Waals surface area contributed by atoms with Gasteiger partial charge in [0, 0.05) is 0 Å². The molecule has 0 aromatic carbocycles. The van der Waals surface area contributed by atoms with Crippen molar-refractivity contribution in [1.82, 2.24) is 5.32 Å². The number of hydrogen-bond acceptors (Lipinski definition) is 2. The van der Waals surface area contributed by atoms with Gasteiger partial charge in [-0.05, 0) is 0 Å². The summed E-state index contributed by atoms with van der Waals surface area (Å²) in [6, 6.07) is 1.93. The van der Waals surface area contributed by atoms with E-state index in [2.05, 4.69) is 5.32 Å². The Morgan fingerprint density at radius 1 is 1.46 bits per heavy atom. The van der Waals surface area contributed by atoms with Gasteiger partial charge in [0.15, 0.2) is 0 Å². The van der Waals surface area contributed by atoms with Crippen LogP contribution in [-0.4, -0.2) is 29.3 Å². The normalized spacial score (nSPS) is 20.3. The van der Waals surface area contributed by atoms with Crippen molar-refractivity contribution in [3.63, 3.8) is 0 Å². The van der Waals surface area contributed by atoms with Crippen LogP contribution in [0.15, 0.2) is 0 Å². The van der Waals surface area contributed by atoms with E-state index in [-0.39, 0.29) is 16.7 Å². The molecule has 0 aliphatic heterocycles. The molecule has 4 heteroatoms. The monoisotopic (exact) mass is 242 g/mol. The van der Waals surface area contributed by atoms with Crippen LogP contribution in [0.3, 0.4) is 0 Å². The van der Waals surface area contributed by atoms with E-state index in [1.54, 1.807) is 0 Å². The summed E-state index contributed by atoms with van der Waals surface area (Å²) in [5.41, 5.74) is 0. The van der Waals surface area contributed by atoms with E-state index in [0.717, 1.165) is 25.7 Å². The summed E-state index contributed by atoms with van der Waals surface area (Å²) in [4.78, 5) is 11.6. The van der Waals surface area contributed by atoms with Crippen molar-refractivity contribution in [1.29, 1.82) is 5.26 Å². The van der Waals surface area contributed by atoms with E-state index in [9.17, 15) is 4.79 Å². The molecule has 0 aromatic heterocycles. The predicted molar refractivity (Wildman–Crippen MR) is 52.9 cm³/mol. The first-order valence-corrected chi connectivity index (χ1v) is 5.84. The molecule has 72 valence electrons. The molecule has 0 bridgehead atoms. The molecule has 1 fully saturated rings. The first-order chi connectivity index (χ1) is 6.19. The fraction of sp³-hybridized carbons (Fsp3) is 0.778. The van der Waals surface area contributed by atoms with Gasteiger partial charge in [0.25, 0.3) is 0 Å². The Morgan fingerprint density at radius 2 is 2.08 bits per heavy atom. The van der Waals surface area contributed by atoms with Gasteiger partial charge in [0.05, 0.1) is 0 Å². The molecule has 1 aliphatic carbocycles. The van der Waals surface area contributed by atoms with Gasteiger partial charge in [-0.3, -0.25) is 0 Å². The first-order valence-electron chi connectivity index (χ1n) is 4.63. The second kappa shape index (κ2) is 4.67. The van der Waals surface area contributed by atoms with E-state index in [1.165, 1.54) is 23.3 Å². The summed E-state index contributed by atoms with van der Waals surface area (Å²) < 4.78 is -0.151. The maximum absolute atomic E-state index is 11.6. The van der Waals surface area contributed by atoms with Crippen LogP contribution in [0.1, 0.15) is 32.1 Å². The van der Waals surface area contributed by atoms with Gasteiger partial charge in [-0.1, -0.05) is 0 Å². The molecule has 1 aliphatic rings. The van der Waals surface area contributed by atoms with Gasteiger partial charge in [0.1, 0.15) is 0 Å². The zero-order valence-corrected chi connectivity index (χ0v) is 10.1. The van der Waals surface area contributed by atoms with Crippen LogP contribution in [-0.2, 0) is 4.79 Å². The zero-order chi connectivity index (χ0) is 9.73. The number of nitrogens with one attached hydrogen (secondary N) is 1. The summed E-state index contributed by atoms with van der Waals surface area (Å²) in [5.74, 6) is 0.0775. The number of carbonyl (C=O) groups excluding carboxylic acids is 1. The van der Waals surface area contributed by atoms with Crippen molar-refractivity contribution >= 4 is 22.8 Å². The second-order valence-corrected chi connectivity index (χ2v) is 5.88. The van der Waals surface area contributed by atoms with Crippen molar-refractivity contribution in [2.45, 2.75) is 36.3 Å². The van der Waals surface area contributed by atoms with Crippen molar-refractivity contribution in [3.8, 4) is 6.07 Å². The average molecular weight is 242 g/mol. The van der Waals surface area contributed by atoms with Crippen LogP contribution >= 0.6 is 0 Å². The second-order valence-electron chi connectivity index (χ2n) is 3.56. The number of nitriles is 1. The number of carbonyl (C=O) groups is 1. The molecule has 1 saturated carbocycles. The molecule has 1 amide bonds. The predicted octanol–water partition coefficient (Wildman–Crippen LogP) is 0.382. The summed E-state index contributed by atoms with van der Waals surface area (Å²) in [7, 11) is 0. The molecular formula is C9H15AsN2O. The van der Waals surface area contributed by atoms with Crippen LogP contribution < -0.4 is 5.32 Å². The third-order valence-corrected chi connectivity index (χ3v) is 4.29. The molecule has 0 saturated heterocycles. The molecule has 1 unspecified atom stereocenters. The maximum atomic E-state index is 11.6. The summed E-state index contributed by atoms with van der Waals surface area (Å²) in [6.07, 6.45) is 5.53. The molecule has 0 spiro atoms. The topological polar surface area (TPSA) is 52.9 Å². The zero-order valence-electron chi connectivity index (χ0n) is 7.68. The van der Waals surface area contributed by atoms with Crippen LogP contribution in [0.25, 0.3) is 0 Å². The summed E-state index contributed by atoms with van der Waals surface area (Å²) in [5, 5.41) is 11.0. The summed E-state index contributed by atoms with van der Waals surface area (Å²) in [6.45, 7) is 0.143. The van der Waals surface area contributed by atoms with Crippen LogP contribution in [0.5, 0.6) is 0 Å². The van der Waals surface area contributed by atoms with Gasteiger partial charge in [-0.25, -0.2) is 0 Å². The van der Waals surface area contributed by atoms with Crippen molar-refractivity contribution in [2.24, 2.45) is 0 Å². The third kappa shape index (κ3) is 2.74. The standard InChI is InChI=1S/C9H15AsN2O/c10-9(4-2-1-3-5-9)8(13)12-7-6-11/h1-5,7,10H2,(H,12,13). The number of amides is 1. The third-order valence-electron chi connectivity index (χ3n) is 2.53. The van der Waals surface area contributed by atoms with Gasteiger partial charge >= 0.3 is 87.1 Å². The number of rotatable bonds is 2. The van der Waals surface area contributed by atoms with Crippen molar-refractivity contribution < 1.29 is 4.79 Å². The Hall–Kier alpha value is -0.482. The van der Waals surface area contributed by atoms with Crippen LogP contribution in [0.2, 0.25) is 4.20 Å². The minimum atomic E-state index is -0.151. The Labute approximate surface area is 87.4 Å². The van der Waals surface area contributed by atoms with Gasteiger partial charge in [-0.2, -0.15) is 0 Å². The number of hydrogen-bond donors (Lipinski definition) is 1. The Morgan fingerprint density at radius 3 is 2.62 bits per heavy atom. The molecule has 13 heavy (non-hydrogen) atoms. The fourth-order valence-electron chi connectivity index (χ4n) is 1.71. The van der Waals surface area contributed by atoms with Crippen LogP contribution in [0.4, 0.5) is 0 Å². The quantitative estimate of drug-likeness (QED) is 0.562. The van der Waals surface area contributed by atoms with E-state index in [0.29, 0.717) is 0 Å². The Balaban J connectivity index is 2.47. The summed E-state index contributed by atoms with van der Waals surface area (Å²) >= 11 is 1.51. The first kappa shape index (κ1) is 10.6. The molecule has 0 heterocycles. The van der Waals surface area contributed by atoms with E-state index < -0.39 is 0 Å². The number of nitrogens with zero attached hydrogens (tertiary/aromatic N) is 1. The van der Waals surface area contributed by atoms with Gasteiger partial charge < -0.3 is 0 Å². The Kier molecular flexibility index (Phi) is 3.81. The van der Waals surface area contributed by atoms with E-state index in [1.807, 2.05) is 6.07 Å². The van der Waals surface area contributed by atoms with E-state index in [4.69, 9.17) is 5.26 Å². The van der Waals surface area contributed by atoms with Gasteiger partial charge in [0.2, 0.25) is 0 Å². The van der Waals surface area contributed by atoms with E-state index >= 15 is 0 Å². The van der Waals surface area contributed by atoms with Gasteiger partial charge in [-0.15, -0.1) is 0 Å². The SMILES string of the molecule is N#CCNC(=O)C1([AsH2])CCCCC1. The molecule has 1 N–H and O–H groups in total. The van der Waals surface area contributed by atoms with Crippen molar-refractivity contribution in [3.05, 3.63) is 0 Å². The fourth-order valence-corrected chi connectivity index (χ4v) is 2.78.